The van der Waals surface area contributed by atoms with Gasteiger partial charge in [0.2, 0.25) is 5.91 Å². The fraction of sp³-hybridized carbons (Fsp3) is 0.429. The number of benzene rings is 1. The van der Waals surface area contributed by atoms with Gasteiger partial charge < -0.3 is 10.0 Å². The molecular formula is C14H15F2NO3. The molecular weight excluding hydrogens is 268 g/mol. The average molecular weight is 283 g/mol. The first kappa shape index (κ1) is 14.4. The minimum Gasteiger partial charge on any atom is -0.480 e. The number of carbonyl (C=O) groups is 2. The highest BCUT2D eigenvalue weighted by Crippen LogP contribution is 2.28. The number of hydrogen-bond acceptors (Lipinski definition) is 2. The molecule has 1 fully saturated rings. The lowest BCUT2D eigenvalue weighted by atomic mass is 9.98. The molecule has 4 nitrogen and oxygen atoms in total. The summed E-state index contributed by atoms with van der Waals surface area (Å²) < 4.78 is 27.4. The number of nitrogens with zero attached hydrogens (tertiary/aromatic N) is 1. The van der Waals surface area contributed by atoms with Crippen molar-refractivity contribution in [2.45, 2.75) is 31.7 Å². The van der Waals surface area contributed by atoms with Crippen molar-refractivity contribution in [1.82, 2.24) is 4.90 Å². The molecule has 2 rings (SSSR count). The van der Waals surface area contributed by atoms with Crippen molar-refractivity contribution in [2.75, 3.05) is 6.54 Å². The first-order valence-electron chi connectivity index (χ1n) is 6.40. The van der Waals surface area contributed by atoms with Crippen molar-refractivity contribution in [2.24, 2.45) is 0 Å². The molecule has 1 amide bonds. The number of likely N-dealkylation sites (tertiary alicyclic amines) is 1. The van der Waals surface area contributed by atoms with Gasteiger partial charge in [-0.2, -0.15) is 0 Å². The van der Waals surface area contributed by atoms with Crippen molar-refractivity contribution >= 4 is 11.9 Å². The van der Waals surface area contributed by atoms with Gasteiger partial charge in [0.15, 0.2) is 0 Å². The molecule has 1 aromatic carbocycles. The van der Waals surface area contributed by atoms with Crippen LogP contribution in [0, 0.1) is 11.6 Å². The highest BCUT2D eigenvalue weighted by atomic mass is 19.1. The van der Waals surface area contributed by atoms with Crippen LogP contribution in [0.2, 0.25) is 0 Å². The molecule has 0 aromatic heterocycles. The van der Waals surface area contributed by atoms with Crippen molar-refractivity contribution < 1.29 is 23.5 Å². The van der Waals surface area contributed by atoms with Gasteiger partial charge in [-0.15, -0.1) is 0 Å². The number of halogens is 2. The van der Waals surface area contributed by atoms with Gasteiger partial charge in [-0.1, -0.05) is 6.07 Å². The van der Waals surface area contributed by atoms with E-state index in [4.69, 9.17) is 5.11 Å². The lowest BCUT2D eigenvalue weighted by molar-refractivity contribution is -0.148. The summed E-state index contributed by atoms with van der Waals surface area (Å²) in [6.45, 7) is 1.69. The molecule has 1 aliphatic rings. The maximum atomic E-state index is 13.7. The summed E-state index contributed by atoms with van der Waals surface area (Å²) >= 11 is 0. The van der Waals surface area contributed by atoms with Crippen LogP contribution in [0.15, 0.2) is 18.2 Å². The van der Waals surface area contributed by atoms with Crippen LogP contribution in [-0.2, 0) is 9.59 Å². The van der Waals surface area contributed by atoms with Crippen molar-refractivity contribution in [1.29, 1.82) is 0 Å². The second kappa shape index (κ2) is 5.56. The molecule has 1 unspecified atom stereocenters. The first-order valence-corrected chi connectivity index (χ1v) is 6.40. The molecule has 6 heteroatoms. The van der Waals surface area contributed by atoms with Crippen LogP contribution in [0.5, 0.6) is 0 Å². The van der Waals surface area contributed by atoms with E-state index in [9.17, 15) is 18.4 Å². The summed E-state index contributed by atoms with van der Waals surface area (Å²) in [6, 6.07) is 2.49. The van der Waals surface area contributed by atoms with Crippen molar-refractivity contribution in [3.8, 4) is 0 Å². The van der Waals surface area contributed by atoms with Gasteiger partial charge in [-0.25, -0.2) is 13.6 Å². The number of rotatable bonds is 3. The van der Waals surface area contributed by atoms with E-state index in [0.29, 0.717) is 19.4 Å². The third-order valence-electron chi connectivity index (χ3n) is 3.62. The van der Waals surface area contributed by atoms with Crippen LogP contribution in [-0.4, -0.2) is 34.5 Å². The molecule has 1 saturated heterocycles. The normalized spacial score (nSPS) is 19.9. The van der Waals surface area contributed by atoms with Crippen molar-refractivity contribution in [3.05, 3.63) is 35.4 Å². The van der Waals surface area contributed by atoms with Gasteiger partial charge in [0, 0.05) is 12.1 Å². The molecule has 0 spiro atoms. The van der Waals surface area contributed by atoms with Gasteiger partial charge in [0.25, 0.3) is 0 Å². The van der Waals surface area contributed by atoms with Crippen LogP contribution in [0.3, 0.4) is 0 Å². The Kier molecular flexibility index (Phi) is 4.01. The monoisotopic (exact) mass is 283 g/mol. The van der Waals surface area contributed by atoms with Crippen LogP contribution in [0.25, 0.3) is 0 Å². The van der Waals surface area contributed by atoms with E-state index in [1.807, 2.05) is 0 Å². The van der Waals surface area contributed by atoms with E-state index in [2.05, 4.69) is 0 Å². The zero-order chi connectivity index (χ0) is 14.9. The first-order chi connectivity index (χ1) is 9.43. The highest BCUT2D eigenvalue weighted by molar-refractivity contribution is 5.88. The Morgan fingerprint density at radius 1 is 1.35 bits per heavy atom. The van der Waals surface area contributed by atoms with Gasteiger partial charge in [-0.3, -0.25) is 4.79 Å². The Bertz CT molecular complexity index is 527. The molecule has 20 heavy (non-hydrogen) atoms. The van der Waals surface area contributed by atoms with E-state index in [-0.39, 0.29) is 5.56 Å². The lowest BCUT2D eigenvalue weighted by Crippen LogP contribution is -2.42. The second-order valence-electron chi connectivity index (χ2n) is 4.88. The Morgan fingerprint density at radius 2 is 1.95 bits per heavy atom. The van der Waals surface area contributed by atoms with Gasteiger partial charge in [0.1, 0.15) is 17.7 Å². The van der Waals surface area contributed by atoms with E-state index in [1.54, 1.807) is 0 Å². The summed E-state index contributed by atoms with van der Waals surface area (Å²) in [5, 5.41) is 9.05. The number of hydrogen-bond donors (Lipinski definition) is 1. The fourth-order valence-electron chi connectivity index (χ4n) is 2.58. The van der Waals surface area contributed by atoms with Crippen LogP contribution >= 0.6 is 0 Å². The van der Waals surface area contributed by atoms with Crippen LogP contribution in [0.1, 0.15) is 31.2 Å². The molecule has 1 aromatic rings. The van der Waals surface area contributed by atoms with Gasteiger partial charge >= 0.3 is 5.97 Å². The summed E-state index contributed by atoms with van der Waals surface area (Å²) in [7, 11) is 0. The zero-order valence-electron chi connectivity index (χ0n) is 11.0. The van der Waals surface area contributed by atoms with Gasteiger partial charge in [-0.05, 0) is 31.9 Å². The maximum Gasteiger partial charge on any atom is 0.326 e. The fourth-order valence-corrected chi connectivity index (χ4v) is 2.58. The maximum absolute atomic E-state index is 13.7. The zero-order valence-corrected chi connectivity index (χ0v) is 11.0. The minimum absolute atomic E-state index is 0.302. The van der Waals surface area contributed by atoms with Crippen LogP contribution < -0.4 is 0 Å². The molecule has 1 aliphatic heterocycles. The minimum atomic E-state index is -1.09. The number of amides is 1. The quantitative estimate of drug-likeness (QED) is 0.924. The molecule has 108 valence electrons. The van der Waals surface area contributed by atoms with Gasteiger partial charge in [0.05, 0.1) is 5.92 Å². The van der Waals surface area contributed by atoms with E-state index in [0.717, 1.165) is 12.1 Å². The third kappa shape index (κ3) is 2.50. The molecule has 1 N–H and O–H groups in total. The summed E-state index contributed by atoms with van der Waals surface area (Å²) in [5.74, 6) is -4.28. The molecule has 0 saturated carbocycles. The number of aliphatic carboxylic acids is 1. The molecule has 0 bridgehead atoms. The van der Waals surface area contributed by atoms with E-state index in [1.165, 1.54) is 17.9 Å². The Labute approximate surface area is 115 Å². The average Bonchev–Trinajstić information content (AvgIpc) is 2.86. The second-order valence-corrected chi connectivity index (χ2v) is 4.88. The summed E-state index contributed by atoms with van der Waals surface area (Å²) in [4.78, 5) is 24.6. The molecule has 2 atom stereocenters. The third-order valence-corrected chi connectivity index (χ3v) is 3.62. The van der Waals surface area contributed by atoms with E-state index < -0.39 is 35.5 Å². The van der Waals surface area contributed by atoms with E-state index >= 15 is 0 Å². The Morgan fingerprint density at radius 3 is 2.50 bits per heavy atom. The largest absolute Gasteiger partial charge is 0.480 e. The number of carboxylic acids is 1. The van der Waals surface area contributed by atoms with Crippen molar-refractivity contribution in [3.63, 3.8) is 0 Å². The standard InChI is InChI=1S/C14H15F2NO3/c1-8(12-9(15)4-2-5-10(12)16)13(18)17-7-3-6-11(17)14(19)20/h2,4-5,8,11H,3,6-7H2,1H3,(H,19,20)/t8?,11-/m1/s1. The smallest absolute Gasteiger partial charge is 0.326 e. The summed E-state index contributed by atoms with van der Waals surface area (Å²) in [6.07, 6.45) is 0.947. The van der Waals surface area contributed by atoms with Crippen LogP contribution in [0.4, 0.5) is 8.78 Å². The molecule has 0 radical (unpaired) electrons. The highest BCUT2D eigenvalue weighted by Gasteiger charge is 2.37. The Balaban J connectivity index is 2.27. The molecule has 1 heterocycles. The topological polar surface area (TPSA) is 57.6 Å². The Hall–Kier alpha value is -1.98. The SMILES string of the molecule is CC(C(=O)N1CCC[C@@H]1C(=O)O)c1c(F)cccc1F. The number of carboxylic acid groups (broad SMARTS) is 1. The number of carbonyl (C=O) groups excluding carboxylic acids is 1. The predicted molar refractivity (Wildman–Crippen MR) is 67.1 cm³/mol. The lowest BCUT2D eigenvalue weighted by Gasteiger charge is -2.25. The molecule has 0 aliphatic carbocycles. The summed E-state index contributed by atoms with van der Waals surface area (Å²) in [5.41, 5.74) is -0.312. The predicted octanol–water partition coefficient (Wildman–Crippen LogP) is 2.14.